The van der Waals surface area contributed by atoms with Crippen molar-refractivity contribution < 1.29 is 35.3 Å². The second kappa shape index (κ2) is 28.3. The SMILES string of the molecule is CCCCCCCCC1=C(c2cccc(CCCC)c2)[N+](=[N-])C(c2cccc(CCCC)c2)=C1.CCCCO.CCCCO.[Pd]. The maximum absolute atomic E-state index is 11.4. The Labute approximate surface area is 290 Å². The van der Waals surface area contributed by atoms with E-state index in [1.165, 1.54) is 85.6 Å². The van der Waals surface area contributed by atoms with Gasteiger partial charge in [-0.25, -0.2) is 4.70 Å². The molecule has 0 amide bonds. The van der Waals surface area contributed by atoms with Crippen LogP contribution >= 0.6 is 0 Å². The van der Waals surface area contributed by atoms with Gasteiger partial charge in [0.1, 0.15) is 0 Å². The van der Waals surface area contributed by atoms with Gasteiger partial charge in [-0.15, -0.1) is 0 Å². The van der Waals surface area contributed by atoms with Gasteiger partial charge in [0, 0.05) is 56.4 Å². The van der Waals surface area contributed by atoms with Gasteiger partial charge in [-0.3, -0.25) is 0 Å². The Hall–Kier alpha value is -1.90. The van der Waals surface area contributed by atoms with Crippen molar-refractivity contribution in [1.29, 1.82) is 0 Å². The first-order valence-electron chi connectivity index (χ1n) is 17.8. The number of allylic oxidation sites excluding steroid dienone is 2. The second-order valence-corrected chi connectivity index (χ2v) is 12.0. The van der Waals surface area contributed by atoms with Crippen LogP contribution in [0, 0.1) is 0 Å². The largest absolute Gasteiger partial charge is 0.493 e. The van der Waals surface area contributed by atoms with Crippen LogP contribution < -0.4 is 0 Å². The van der Waals surface area contributed by atoms with Crippen LogP contribution in [-0.2, 0) is 33.3 Å². The van der Waals surface area contributed by atoms with Gasteiger partial charge in [0.2, 0.25) is 11.4 Å². The molecule has 0 aromatic heterocycles. The molecule has 0 aliphatic carbocycles. The predicted molar refractivity (Wildman–Crippen MR) is 191 cm³/mol. The average Bonchev–Trinajstić information content (AvgIpc) is 3.38. The van der Waals surface area contributed by atoms with Crippen LogP contribution in [0.1, 0.15) is 153 Å². The van der Waals surface area contributed by atoms with E-state index in [1.807, 2.05) is 0 Å². The molecule has 0 radical (unpaired) electrons. The first-order chi connectivity index (χ1) is 21.5. The van der Waals surface area contributed by atoms with Crippen LogP contribution in [0.25, 0.3) is 16.9 Å². The van der Waals surface area contributed by atoms with Crippen molar-refractivity contribution in [3.05, 3.63) is 88.0 Å². The number of hydrogen-bond acceptors (Lipinski definition) is 2. The minimum atomic E-state index is 0. The van der Waals surface area contributed by atoms with E-state index in [0.29, 0.717) is 13.2 Å². The van der Waals surface area contributed by atoms with Gasteiger partial charge in [-0.05, 0) is 86.8 Å². The standard InChI is InChI=1S/C32H44N2.2C4H10O.Pd/c1-4-7-10-11-12-13-20-30-25-31(28-21-14-18-26(23-28)16-8-5-2)34(33)32(30)29-22-15-19-27(24-29)17-9-6-3;2*1-2-3-4-5;/h14-15,18-19,21-25H,4-13,16-17,20H2,1-3H3;2*5H,2-4H2,1H3;. The van der Waals surface area contributed by atoms with Gasteiger partial charge >= 0.3 is 0 Å². The van der Waals surface area contributed by atoms with Gasteiger partial charge < -0.3 is 15.7 Å². The third-order valence-corrected chi connectivity index (χ3v) is 7.94. The van der Waals surface area contributed by atoms with E-state index in [9.17, 15) is 5.53 Å². The summed E-state index contributed by atoms with van der Waals surface area (Å²) in [6, 6.07) is 17.5. The molecule has 0 saturated carbocycles. The summed E-state index contributed by atoms with van der Waals surface area (Å²) in [6.07, 6.45) is 22.0. The van der Waals surface area contributed by atoms with Crippen LogP contribution in [0.3, 0.4) is 0 Å². The zero-order chi connectivity index (χ0) is 32.4. The topological polar surface area (TPSA) is 65.8 Å². The molecule has 0 atom stereocenters. The minimum Gasteiger partial charge on any atom is -0.493 e. The molecule has 1 aliphatic heterocycles. The van der Waals surface area contributed by atoms with E-state index in [2.05, 4.69) is 89.2 Å². The zero-order valence-electron chi connectivity index (χ0n) is 29.2. The quantitative estimate of drug-likeness (QED) is 0.0866. The molecule has 4 nitrogen and oxygen atoms in total. The molecule has 2 aromatic rings. The summed E-state index contributed by atoms with van der Waals surface area (Å²) in [5.41, 5.74) is 19.5. The van der Waals surface area contributed by atoms with Gasteiger partial charge in [0.05, 0.1) is 0 Å². The summed E-state index contributed by atoms with van der Waals surface area (Å²) in [5, 5.41) is 16.1. The van der Waals surface area contributed by atoms with Crippen molar-refractivity contribution in [2.24, 2.45) is 0 Å². The molecule has 0 bridgehead atoms. The van der Waals surface area contributed by atoms with Gasteiger partial charge in [-0.1, -0.05) is 117 Å². The molecule has 256 valence electrons. The summed E-state index contributed by atoms with van der Waals surface area (Å²) in [6.45, 7) is 11.5. The smallest absolute Gasteiger partial charge is 0.210 e. The molecular weight excluding hydrogens is 647 g/mol. The Bertz CT molecular complexity index is 1100. The van der Waals surface area contributed by atoms with Crippen LogP contribution in [0.15, 0.2) is 60.2 Å². The molecule has 0 fully saturated rings. The minimum absolute atomic E-state index is 0. The average molecular weight is 711 g/mol. The predicted octanol–water partition coefficient (Wildman–Crippen LogP) is 11.5. The van der Waals surface area contributed by atoms with Gasteiger partial charge in [0.25, 0.3) is 0 Å². The van der Waals surface area contributed by atoms with Crippen molar-refractivity contribution in [2.45, 2.75) is 144 Å². The Balaban J connectivity index is 0.00000153. The number of aryl methyl sites for hydroxylation is 2. The summed E-state index contributed by atoms with van der Waals surface area (Å²) in [7, 11) is 0. The second-order valence-electron chi connectivity index (χ2n) is 12.0. The van der Waals surface area contributed by atoms with Gasteiger partial charge in [-0.2, -0.15) is 0 Å². The fraction of sp³-hybridized carbons (Fsp3) is 0.600. The molecule has 45 heavy (non-hydrogen) atoms. The first-order valence-corrected chi connectivity index (χ1v) is 17.8. The van der Waals surface area contributed by atoms with Crippen molar-refractivity contribution in [1.82, 2.24) is 0 Å². The van der Waals surface area contributed by atoms with E-state index < -0.39 is 0 Å². The van der Waals surface area contributed by atoms with Crippen LogP contribution in [-0.4, -0.2) is 28.1 Å². The number of aliphatic hydroxyl groups excluding tert-OH is 2. The number of aliphatic hydroxyl groups is 2. The summed E-state index contributed by atoms with van der Waals surface area (Å²) < 4.78 is 1.46. The fourth-order valence-corrected chi connectivity index (χ4v) is 5.19. The number of rotatable bonds is 19. The van der Waals surface area contributed by atoms with Gasteiger partial charge in [0.15, 0.2) is 0 Å². The van der Waals surface area contributed by atoms with Crippen molar-refractivity contribution in [2.75, 3.05) is 13.2 Å². The third kappa shape index (κ3) is 17.6. The fourth-order valence-electron chi connectivity index (χ4n) is 5.19. The molecule has 5 heteroatoms. The maximum atomic E-state index is 11.4. The molecule has 0 saturated heterocycles. The normalized spacial score (nSPS) is 12.2. The van der Waals surface area contributed by atoms with Crippen molar-refractivity contribution >= 4 is 11.4 Å². The van der Waals surface area contributed by atoms with E-state index in [1.54, 1.807) is 0 Å². The van der Waals surface area contributed by atoms with E-state index in [-0.39, 0.29) is 20.4 Å². The summed E-state index contributed by atoms with van der Waals surface area (Å²) in [4.78, 5) is 0. The molecule has 1 heterocycles. The van der Waals surface area contributed by atoms with Crippen molar-refractivity contribution in [3.63, 3.8) is 0 Å². The molecule has 3 rings (SSSR count). The number of unbranched alkanes of at least 4 members (excludes halogenated alkanes) is 9. The summed E-state index contributed by atoms with van der Waals surface area (Å²) >= 11 is 0. The molecule has 2 aromatic carbocycles. The Morgan fingerprint density at radius 1 is 0.556 bits per heavy atom. The van der Waals surface area contributed by atoms with Crippen LogP contribution in [0.2, 0.25) is 0 Å². The third-order valence-electron chi connectivity index (χ3n) is 7.94. The van der Waals surface area contributed by atoms with Crippen molar-refractivity contribution in [3.8, 4) is 0 Å². The molecule has 2 N–H and O–H groups in total. The van der Waals surface area contributed by atoms with E-state index in [0.717, 1.165) is 67.5 Å². The van der Waals surface area contributed by atoms with E-state index in [4.69, 9.17) is 10.2 Å². The monoisotopic (exact) mass is 710 g/mol. The number of nitrogens with zero attached hydrogens (tertiary/aromatic N) is 2. The summed E-state index contributed by atoms with van der Waals surface area (Å²) in [5.74, 6) is 0. The molecule has 0 spiro atoms. The number of benzene rings is 2. The first kappa shape index (κ1) is 43.1. The molecule has 1 aliphatic rings. The Kier molecular flexibility index (Phi) is 27.1. The molecule has 0 unspecified atom stereocenters. The van der Waals surface area contributed by atoms with E-state index >= 15 is 0 Å². The molecular formula is C40H64N2O2Pd. The Morgan fingerprint density at radius 2 is 1.02 bits per heavy atom. The maximum Gasteiger partial charge on any atom is 0.210 e. The Morgan fingerprint density at radius 3 is 1.51 bits per heavy atom. The van der Waals surface area contributed by atoms with Crippen LogP contribution in [0.4, 0.5) is 0 Å². The zero-order valence-corrected chi connectivity index (χ0v) is 30.8. The number of hydrogen-bond donors (Lipinski definition) is 2. The van der Waals surface area contributed by atoms with Crippen LogP contribution in [0.5, 0.6) is 0 Å².